The van der Waals surface area contributed by atoms with Crippen molar-refractivity contribution in [3.05, 3.63) is 47.0 Å². The summed E-state index contributed by atoms with van der Waals surface area (Å²) in [4.78, 5) is 30.4. The lowest BCUT2D eigenvalue weighted by Gasteiger charge is -2.23. The summed E-state index contributed by atoms with van der Waals surface area (Å²) in [7, 11) is 0. The van der Waals surface area contributed by atoms with E-state index in [4.69, 9.17) is 0 Å². The Hall–Kier alpha value is -2.63. The van der Waals surface area contributed by atoms with E-state index in [0.717, 1.165) is 69.3 Å². The van der Waals surface area contributed by atoms with Crippen molar-refractivity contribution in [2.75, 3.05) is 5.32 Å². The van der Waals surface area contributed by atoms with Crippen molar-refractivity contribution in [3.63, 3.8) is 0 Å². The van der Waals surface area contributed by atoms with E-state index in [9.17, 15) is 9.59 Å². The van der Waals surface area contributed by atoms with Crippen molar-refractivity contribution in [1.82, 2.24) is 14.9 Å². The zero-order valence-electron chi connectivity index (χ0n) is 17.2. The van der Waals surface area contributed by atoms with Gasteiger partial charge in [-0.25, -0.2) is 4.98 Å². The van der Waals surface area contributed by atoms with Gasteiger partial charge in [-0.1, -0.05) is 38.3 Å². The molecule has 1 aromatic carbocycles. The summed E-state index contributed by atoms with van der Waals surface area (Å²) in [6.45, 7) is 2.83. The molecule has 1 aliphatic heterocycles. The average molecular weight is 395 g/mol. The molecule has 1 saturated carbocycles. The molecule has 0 atom stereocenters. The molecule has 1 aromatic heterocycles. The first kappa shape index (κ1) is 19.7. The largest absolute Gasteiger partial charge is 0.348 e. The Labute approximate surface area is 172 Å². The Morgan fingerprint density at radius 2 is 1.79 bits per heavy atom. The lowest BCUT2D eigenvalue weighted by atomic mass is 9.95. The molecule has 0 saturated heterocycles. The SMILES string of the molecule is CCc1ccc(NC(=O)c2nc(C(=O)NC3CCCCC3)c3n2CCCC3)cc1. The van der Waals surface area contributed by atoms with Crippen LogP contribution in [0.15, 0.2) is 24.3 Å². The van der Waals surface area contributed by atoms with Gasteiger partial charge in [-0.3, -0.25) is 9.59 Å². The van der Waals surface area contributed by atoms with Gasteiger partial charge in [-0.05, 0) is 56.2 Å². The van der Waals surface area contributed by atoms with Crippen molar-refractivity contribution < 1.29 is 9.59 Å². The van der Waals surface area contributed by atoms with E-state index in [1.165, 1.54) is 12.0 Å². The molecule has 29 heavy (non-hydrogen) atoms. The van der Waals surface area contributed by atoms with Crippen LogP contribution in [0.2, 0.25) is 0 Å². The van der Waals surface area contributed by atoms with Crippen molar-refractivity contribution in [2.24, 2.45) is 0 Å². The quantitative estimate of drug-likeness (QED) is 0.802. The maximum Gasteiger partial charge on any atom is 0.291 e. The Bertz CT molecular complexity index is 879. The van der Waals surface area contributed by atoms with E-state index in [-0.39, 0.29) is 17.9 Å². The maximum absolute atomic E-state index is 12.9. The van der Waals surface area contributed by atoms with Gasteiger partial charge in [0.2, 0.25) is 0 Å². The number of carbonyl (C=O) groups is 2. The zero-order valence-corrected chi connectivity index (χ0v) is 17.2. The van der Waals surface area contributed by atoms with Gasteiger partial charge in [0.1, 0.15) is 5.69 Å². The molecule has 6 heteroatoms. The van der Waals surface area contributed by atoms with Crippen LogP contribution in [0.3, 0.4) is 0 Å². The minimum Gasteiger partial charge on any atom is -0.348 e. The van der Waals surface area contributed by atoms with E-state index in [1.54, 1.807) is 0 Å². The van der Waals surface area contributed by atoms with Crippen LogP contribution >= 0.6 is 0 Å². The summed E-state index contributed by atoms with van der Waals surface area (Å²) in [5.74, 6) is -0.0453. The van der Waals surface area contributed by atoms with E-state index in [2.05, 4.69) is 22.5 Å². The molecule has 2 heterocycles. The molecule has 2 aromatic rings. The molecular weight excluding hydrogens is 364 g/mol. The standard InChI is InChI=1S/C23H30N4O2/c1-2-16-11-13-18(14-12-16)25-23(29)21-26-20(19-10-6-7-15-27(19)21)22(28)24-17-8-4-3-5-9-17/h11-14,17H,2-10,15H2,1H3,(H,24,28)(H,25,29). The van der Waals surface area contributed by atoms with Gasteiger partial charge in [0.25, 0.3) is 11.8 Å². The number of amides is 2. The third kappa shape index (κ3) is 4.36. The molecule has 0 unspecified atom stereocenters. The highest BCUT2D eigenvalue weighted by molar-refractivity contribution is 6.03. The van der Waals surface area contributed by atoms with E-state index in [1.807, 2.05) is 28.8 Å². The van der Waals surface area contributed by atoms with Gasteiger partial charge < -0.3 is 15.2 Å². The predicted molar refractivity (Wildman–Crippen MR) is 113 cm³/mol. The van der Waals surface area contributed by atoms with E-state index >= 15 is 0 Å². The van der Waals surface area contributed by atoms with Gasteiger partial charge in [0.05, 0.1) is 5.69 Å². The van der Waals surface area contributed by atoms with Crippen molar-refractivity contribution in [3.8, 4) is 0 Å². The van der Waals surface area contributed by atoms with Gasteiger partial charge in [-0.2, -0.15) is 0 Å². The van der Waals surface area contributed by atoms with Crippen LogP contribution in [-0.4, -0.2) is 27.4 Å². The number of anilines is 1. The summed E-state index contributed by atoms with van der Waals surface area (Å²) >= 11 is 0. The van der Waals surface area contributed by atoms with Crippen LogP contribution in [0.4, 0.5) is 5.69 Å². The Balaban J connectivity index is 1.54. The predicted octanol–water partition coefficient (Wildman–Crippen LogP) is 4.10. The zero-order chi connectivity index (χ0) is 20.2. The molecule has 0 spiro atoms. The van der Waals surface area contributed by atoms with Crippen LogP contribution in [0.5, 0.6) is 0 Å². The number of nitrogens with zero attached hydrogens (tertiary/aromatic N) is 2. The number of carbonyl (C=O) groups excluding carboxylic acids is 2. The number of fused-ring (bicyclic) bond motifs is 1. The van der Waals surface area contributed by atoms with E-state index < -0.39 is 0 Å². The normalized spacial score (nSPS) is 16.9. The smallest absolute Gasteiger partial charge is 0.291 e. The molecule has 1 aliphatic carbocycles. The molecule has 6 nitrogen and oxygen atoms in total. The lowest BCUT2D eigenvalue weighted by Crippen LogP contribution is -2.37. The van der Waals surface area contributed by atoms with Crippen molar-refractivity contribution >= 4 is 17.5 Å². The summed E-state index contributed by atoms with van der Waals surface area (Å²) in [6.07, 6.45) is 9.41. The summed E-state index contributed by atoms with van der Waals surface area (Å²) in [6, 6.07) is 8.08. The number of imidazole rings is 1. The molecule has 1 fully saturated rings. The van der Waals surface area contributed by atoms with Gasteiger partial charge in [0, 0.05) is 18.3 Å². The number of hydrogen-bond acceptors (Lipinski definition) is 3. The summed E-state index contributed by atoms with van der Waals surface area (Å²) in [5, 5.41) is 6.09. The second-order valence-electron chi connectivity index (χ2n) is 8.15. The molecule has 0 radical (unpaired) electrons. The number of nitrogens with one attached hydrogen (secondary N) is 2. The number of aryl methyl sites for hydroxylation is 1. The number of aromatic nitrogens is 2. The second kappa shape index (κ2) is 8.80. The van der Waals surface area contributed by atoms with Crippen molar-refractivity contribution in [1.29, 1.82) is 0 Å². The highest BCUT2D eigenvalue weighted by Crippen LogP contribution is 2.23. The van der Waals surface area contributed by atoms with Crippen LogP contribution in [0, 0.1) is 0 Å². The van der Waals surface area contributed by atoms with Crippen LogP contribution in [-0.2, 0) is 19.4 Å². The third-order valence-electron chi connectivity index (χ3n) is 6.10. The molecule has 2 N–H and O–H groups in total. The molecule has 0 bridgehead atoms. The fourth-order valence-corrected chi connectivity index (χ4v) is 4.41. The lowest BCUT2D eigenvalue weighted by molar-refractivity contribution is 0.0921. The monoisotopic (exact) mass is 394 g/mol. The fraction of sp³-hybridized carbons (Fsp3) is 0.522. The minimum absolute atomic E-state index is 0.131. The number of hydrogen-bond donors (Lipinski definition) is 2. The highest BCUT2D eigenvalue weighted by atomic mass is 16.2. The third-order valence-corrected chi connectivity index (χ3v) is 6.10. The first-order chi connectivity index (χ1) is 14.2. The van der Waals surface area contributed by atoms with Gasteiger partial charge >= 0.3 is 0 Å². The Kier molecular flexibility index (Phi) is 5.97. The molecule has 2 amide bonds. The van der Waals surface area contributed by atoms with Gasteiger partial charge in [0.15, 0.2) is 5.82 Å². The molecular formula is C23H30N4O2. The molecule has 4 rings (SSSR count). The summed E-state index contributed by atoms with van der Waals surface area (Å²) < 4.78 is 1.94. The van der Waals surface area contributed by atoms with Crippen LogP contribution < -0.4 is 10.6 Å². The Morgan fingerprint density at radius 3 is 2.52 bits per heavy atom. The minimum atomic E-state index is -0.255. The first-order valence-electron chi connectivity index (χ1n) is 11.0. The van der Waals surface area contributed by atoms with E-state index in [0.29, 0.717) is 11.5 Å². The van der Waals surface area contributed by atoms with Gasteiger partial charge in [-0.15, -0.1) is 0 Å². The van der Waals surface area contributed by atoms with Crippen LogP contribution in [0.25, 0.3) is 0 Å². The average Bonchev–Trinajstić information content (AvgIpc) is 3.15. The van der Waals surface area contributed by atoms with Crippen molar-refractivity contribution in [2.45, 2.75) is 77.3 Å². The first-order valence-corrected chi connectivity index (χ1v) is 11.0. The second-order valence-corrected chi connectivity index (χ2v) is 8.15. The molecule has 2 aliphatic rings. The van der Waals surface area contributed by atoms with Crippen LogP contribution in [0.1, 0.15) is 84.2 Å². The summed E-state index contributed by atoms with van der Waals surface area (Å²) in [5.41, 5.74) is 3.30. The topological polar surface area (TPSA) is 76.0 Å². The fourth-order valence-electron chi connectivity index (χ4n) is 4.41. The number of benzene rings is 1. The maximum atomic E-state index is 12.9. The highest BCUT2D eigenvalue weighted by Gasteiger charge is 2.28. The number of rotatable bonds is 5. The molecule has 154 valence electrons. The Morgan fingerprint density at radius 1 is 1.03 bits per heavy atom.